The van der Waals surface area contributed by atoms with E-state index >= 15 is 0 Å². The minimum Gasteiger partial charge on any atom is -0.377 e. The van der Waals surface area contributed by atoms with Crippen molar-refractivity contribution in [2.75, 3.05) is 19.7 Å². The minimum absolute atomic E-state index is 0.0538. The zero-order chi connectivity index (χ0) is 17.2. The van der Waals surface area contributed by atoms with E-state index in [0.717, 1.165) is 37.2 Å². The third kappa shape index (κ3) is 3.40. The second kappa shape index (κ2) is 7.34. The second-order valence-corrected chi connectivity index (χ2v) is 7.50. The Balaban J connectivity index is 1.31. The van der Waals surface area contributed by atoms with Gasteiger partial charge >= 0.3 is 6.03 Å². The van der Waals surface area contributed by atoms with Crippen molar-refractivity contribution in [2.24, 2.45) is 11.8 Å². The molecule has 4 atom stereocenters. The molecule has 0 radical (unpaired) electrons. The molecule has 1 aromatic carbocycles. The molecule has 5 nitrogen and oxygen atoms in total. The first-order chi connectivity index (χ1) is 12.3. The van der Waals surface area contributed by atoms with Gasteiger partial charge in [-0.25, -0.2) is 4.79 Å². The van der Waals surface area contributed by atoms with Crippen molar-refractivity contribution in [2.45, 2.75) is 51.5 Å². The molecule has 4 rings (SSSR count). The van der Waals surface area contributed by atoms with Gasteiger partial charge in [-0.15, -0.1) is 0 Å². The molecule has 1 aromatic rings. The summed E-state index contributed by atoms with van der Waals surface area (Å²) in [5.41, 5.74) is 2.29. The minimum atomic E-state index is 0.0538. The Morgan fingerprint density at radius 2 is 1.88 bits per heavy atom. The van der Waals surface area contributed by atoms with Crippen molar-refractivity contribution in [3.63, 3.8) is 0 Å². The standard InChI is InChI=1S/C20H28N2O3/c1-2-9-24-13-15-6-4-3-5-14(15)10-21-20(23)22-11-16-17(12-22)19-8-7-18(16)25-19/h3-6,16-19H,2,7-13H2,1H3,(H,21,23)/t16-,17-,18-,19-/m1/s1. The molecular formula is C20H28N2O3. The zero-order valence-electron chi connectivity index (χ0n) is 14.9. The fraction of sp³-hybridized carbons (Fsp3) is 0.650. The maximum Gasteiger partial charge on any atom is 0.317 e. The van der Waals surface area contributed by atoms with E-state index in [4.69, 9.17) is 9.47 Å². The molecule has 3 saturated heterocycles. The normalized spacial score (nSPS) is 29.9. The lowest BCUT2D eigenvalue weighted by Crippen LogP contribution is -2.39. The van der Waals surface area contributed by atoms with Crippen LogP contribution >= 0.6 is 0 Å². The van der Waals surface area contributed by atoms with E-state index in [1.807, 2.05) is 17.0 Å². The number of likely N-dealkylation sites (tertiary alicyclic amines) is 1. The molecule has 0 saturated carbocycles. The molecule has 136 valence electrons. The van der Waals surface area contributed by atoms with Crippen molar-refractivity contribution < 1.29 is 14.3 Å². The fourth-order valence-corrected chi connectivity index (χ4v) is 4.61. The highest BCUT2D eigenvalue weighted by atomic mass is 16.5. The quantitative estimate of drug-likeness (QED) is 0.807. The van der Waals surface area contributed by atoms with Gasteiger partial charge in [-0.3, -0.25) is 0 Å². The third-order valence-corrected chi connectivity index (χ3v) is 5.89. The second-order valence-electron chi connectivity index (χ2n) is 7.50. The number of ether oxygens (including phenoxy) is 2. The van der Waals surface area contributed by atoms with Crippen LogP contribution in [0.4, 0.5) is 4.79 Å². The van der Waals surface area contributed by atoms with Crippen LogP contribution in [-0.2, 0) is 22.6 Å². The highest BCUT2D eigenvalue weighted by molar-refractivity contribution is 5.74. The van der Waals surface area contributed by atoms with E-state index in [9.17, 15) is 4.79 Å². The SMILES string of the molecule is CCCOCc1ccccc1CNC(=O)N1C[C@@H]2[C@@H](C1)[C@H]1CC[C@H]2O1. The Kier molecular flexibility index (Phi) is 4.95. The van der Waals surface area contributed by atoms with Crippen molar-refractivity contribution in [3.8, 4) is 0 Å². The number of hydrogen-bond donors (Lipinski definition) is 1. The fourth-order valence-electron chi connectivity index (χ4n) is 4.61. The summed E-state index contributed by atoms with van der Waals surface area (Å²) < 4.78 is 11.6. The first-order valence-electron chi connectivity index (χ1n) is 9.59. The number of amides is 2. The average Bonchev–Trinajstić information content (AvgIpc) is 3.33. The van der Waals surface area contributed by atoms with E-state index in [2.05, 4.69) is 24.4 Å². The van der Waals surface area contributed by atoms with E-state index in [-0.39, 0.29) is 6.03 Å². The van der Waals surface area contributed by atoms with E-state index in [0.29, 0.717) is 37.2 Å². The predicted octanol–water partition coefficient (Wildman–Crippen LogP) is 2.93. The van der Waals surface area contributed by atoms with Crippen molar-refractivity contribution in [1.29, 1.82) is 0 Å². The van der Waals surface area contributed by atoms with Crippen LogP contribution in [0.1, 0.15) is 37.3 Å². The Morgan fingerprint density at radius 1 is 1.20 bits per heavy atom. The lowest BCUT2D eigenvalue weighted by Gasteiger charge is -2.20. The summed E-state index contributed by atoms with van der Waals surface area (Å²) in [7, 11) is 0. The van der Waals surface area contributed by atoms with Gasteiger partial charge in [0.2, 0.25) is 0 Å². The van der Waals surface area contributed by atoms with Crippen LogP contribution in [-0.4, -0.2) is 42.8 Å². The molecule has 5 heteroatoms. The number of carbonyl (C=O) groups excluding carboxylic acids is 1. The number of benzene rings is 1. The van der Waals surface area contributed by atoms with Crippen molar-refractivity contribution in [1.82, 2.24) is 10.2 Å². The summed E-state index contributed by atoms with van der Waals surface area (Å²) >= 11 is 0. The van der Waals surface area contributed by atoms with Gasteiger partial charge in [0.15, 0.2) is 0 Å². The highest BCUT2D eigenvalue weighted by Crippen LogP contribution is 2.47. The van der Waals surface area contributed by atoms with Crippen LogP contribution < -0.4 is 5.32 Å². The molecule has 0 spiro atoms. The van der Waals surface area contributed by atoms with E-state index < -0.39 is 0 Å². The molecule has 2 bridgehead atoms. The molecular weight excluding hydrogens is 316 g/mol. The van der Waals surface area contributed by atoms with Gasteiger partial charge in [-0.1, -0.05) is 31.2 Å². The van der Waals surface area contributed by atoms with Crippen molar-refractivity contribution in [3.05, 3.63) is 35.4 Å². The molecule has 0 aromatic heterocycles. The average molecular weight is 344 g/mol. The van der Waals surface area contributed by atoms with E-state index in [1.54, 1.807) is 0 Å². The first kappa shape index (κ1) is 16.9. The lowest BCUT2D eigenvalue weighted by molar-refractivity contribution is 0.0739. The molecule has 0 unspecified atom stereocenters. The Labute approximate surface area is 149 Å². The smallest absolute Gasteiger partial charge is 0.317 e. The van der Waals surface area contributed by atoms with Gasteiger partial charge in [0.1, 0.15) is 0 Å². The van der Waals surface area contributed by atoms with Gasteiger partial charge in [0.25, 0.3) is 0 Å². The highest BCUT2D eigenvalue weighted by Gasteiger charge is 2.53. The van der Waals surface area contributed by atoms with Crippen molar-refractivity contribution >= 4 is 6.03 Å². The monoisotopic (exact) mass is 344 g/mol. The largest absolute Gasteiger partial charge is 0.377 e. The topological polar surface area (TPSA) is 50.8 Å². The van der Waals surface area contributed by atoms with Crippen LogP contribution in [0.15, 0.2) is 24.3 Å². The number of nitrogens with one attached hydrogen (secondary N) is 1. The van der Waals surface area contributed by atoms with Gasteiger partial charge < -0.3 is 19.7 Å². The van der Waals surface area contributed by atoms with E-state index in [1.165, 1.54) is 12.8 Å². The maximum atomic E-state index is 12.6. The molecule has 3 aliphatic rings. The molecule has 3 aliphatic heterocycles. The summed E-state index contributed by atoms with van der Waals surface area (Å²) in [5.74, 6) is 1.11. The zero-order valence-corrected chi connectivity index (χ0v) is 14.9. The van der Waals surface area contributed by atoms with Gasteiger partial charge in [-0.2, -0.15) is 0 Å². The summed E-state index contributed by atoms with van der Waals surface area (Å²) in [6.07, 6.45) is 4.15. The van der Waals surface area contributed by atoms with Crippen LogP contribution in [0.2, 0.25) is 0 Å². The first-order valence-corrected chi connectivity index (χ1v) is 9.59. The number of carbonyl (C=O) groups is 1. The molecule has 3 fully saturated rings. The summed E-state index contributed by atoms with van der Waals surface area (Å²) in [5, 5.41) is 3.10. The summed E-state index contributed by atoms with van der Waals surface area (Å²) in [6, 6.07) is 8.23. The number of urea groups is 1. The maximum absolute atomic E-state index is 12.6. The Bertz CT molecular complexity index is 603. The Morgan fingerprint density at radius 3 is 2.56 bits per heavy atom. The predicted molar refractivity (Wildman–Crippen MR) is 95.1 cm³/mol. The number of hydrogen-bond acceptors (Lipinski definition) is 3. The number of rotatable bonds is 6. The van der Waals surface area contributed by atoms with Crippen LogP contribution in [0.5, 0.6) is 0 Å². The van der Waals surface area contributed by atoms with Gasteiger partial charge in [-0.05, 0) is 30.4 Å². The van der Waals surface area contributed by atoms with Crippen LogP contribution in [0, 0.1) is 11.8 Å². The molecule has 25 heavy (non-hydrogen) atoms. The summed E-state index contributed by atoms with van der Waals surface area (Å²) in [4.78, 5) is 14.6. The third-order valence-electron chi connectivity index (χ3n) is 5.89. The summed E-state index contributed by atoms with van der Waals surface area (Å²) in [6.45, 7) is 5.72. The molecule has 2 amide bonds. The van der Waals surface area contributed by atoms with Crippen LogP contribution in [0.25, 0.3) is 0 Å². The van der Waals surface area contributed by atoms with Gasteiger partial charge in [0.05, 0.1) is 18.8 Å². The molecule has 1 N–H and O–H groups in total. The lowest BCUT2D eigenvalue weighted by atomic mass is 9.82. The number of nitrogens with zero attached hydrogens (tertiary/aromatic N) is 1. The Hall–Kier alpha value is -1.59. The van der Waals surface area contributed by atoms with Crippen LogP contribution in [0.3, 0.4) is 0 Å². The molecule has 3 heterocycles. The van der Waals surface area contributed by atoms with Gasteiger partial charge in [0, 0.05) is 38.1 Å². The number of fused-ring (bicyclic) bond motifs is 5. The molecule has 0 aliphatic carbocycles.